The summed E-state index contributed by atoms with van der Waals surface area (Å²) in [6.45, 7) is 7.80. The van der Waals surface area contributed by atoms with Gasteiger partial charge in [-0.1, -0.05) is 24.3 Å². The molecule has 0 unspecified atom stereocenters. The van der Waals surface area contributed by atoms with Crippen LogP contribution < -0.4 is 10.6 Å². The van der Waals surface area contributed by atoms with Crippen molar-refractivity contribution in [3.8, 4) is 0 Å². The number of rotatable bonds is 6. The highest BCUT2D eigenvalue weighted by Crippen LogP contribution is 2.19. The van der Waals surface area contributed by atoms with Crippen LogP contribution in [0.2, 0.25) is 0 Å². The van der Waals surface area contributed by atoms with Gasteiger partial charge in [0.05, 0.1) is 0 Å². The summed E-state index contributed by atoms with van der Waals surface area (Å²) in [5.41, 5.74) is 4.75. The fourth-order valence-electron chi connectivity index (χ4n) is 3.24. The minimum atomic E-state index is -0.657. The third kappa shape index (κ3) is 4.42. The molecule has 0 aliphatic rings. The van der Waals surface area contributed by atoms with Crippen LogP contribution in [0.3, 0.4) is 0 Å². The van der Waals surface area contributed by atoms with Crippen LogP contribution in [0, 0.1) is 13.8 Å². The first-order valence-corrected chi connectivity index (χ1v) is 9.58. The molecule has 0 saturated heterocycles. The number of benzene rings is 2. The van der Waals surface area contributed by atoms with Crippen molar-refractivity contribution >= 4 is 22.7 Å². The summed E-state index contributed by atoms with van der Waals surface area (Å²) < 4.78 is 0. The molecule has 146 valence electrons. The van der Waals surface area contributed by atoms with Gasteiger partial charge in [0.1, 0.15) is 6.04 Å². The second-order valence-corrected chi connectivity index (χ2v) is 7.55. The lowest BCUT2D eigenvalue weighted by Crippen LogP contribution is -2.49. The summed E-state index contributed by atoms with van der Waals surface area (Å²) in [4.78, 5) is 28.8. The summed E-state index contributed by atoms with van der Waals surface area (Å²) in [5.74, 6) is -0.427. The molecular weight excluding hydrogens is 350 g/mol. The predicted octanol–water partition coefficient (Wildman–Crippen LogP) is 3.65. The average molecular weight is 377 g/mol. The lowest BCUT2D eigenvalue weighted by Gasteiger charge is -2.20. The van der Waals surface area contributed by atoms with E-state index in [0.29, 0.717) is 12.0 Å². The Morgan fingerprint density at radius 3 is 2.46 bits per heavy atom. The van der Waals surface area contributed by atoms with Crippen LogP contribution in [-0.2, 0) is 11.2 Å². The minimum absolute atomic E-state index is 0.00325. The Labute approximate surface area is 165 Å². The molecule has 1 aromatic heterocycles. The number of aromatic nitrogens is 1. The molecule has 0 aliphatic heterocycles. The van der Waals surface area contributed by atoms with Gasteiger partial charge in [-0.25, -0.2) is 0 Å². The highest BCUT2D eigenvalue weighted by atomic mass is 16.2. The Morgan fingerprint density at radius 1 is 1.00 bits per heavy atom. The van der Waals surface area contributed by atoms with E-state index in [2.05, 4.69) is 15.6 Å². The highest BCUT2D eigenvalue weighted by Gasteiger charge is 2.23. The van der Waals surface area contributed by atoms with E-state index in [9.17, 15) is 9.59 Å². The Hall–Kier alpha value is -3.08. The maximum absolute atomic E-state index is 12.8. The standard InChI is InChI=1S/C23H27N3O2/c1-14(2)25-23(28)21(12-18-13-24-20-8-6-5-7-19(18)20)26-22(27)17-10-9-15(3)16(4)11-17/h5-11,13-14,21,24H,12H2,1-4H3,(H,25,28)(H,26,27)/t21-/m0/s1. The Bertz CT molecular complexity index is 1000. The van der Waals surface area contributed by atoms with Crippen molar-refractivity contribution < 1.29 is 9.59 Å². The number of carbonyl (C=O) groups is 2. The fourth-order valence-corrected chi connectivity index (χ4v) is 3.24. The Morgan fingerprint density at radius 2 is 1.75 bits per heavy atom. The lowest BCUT2D eigenvalue weighted by molar-refractivity contribution is -0.123. The van der Waals surface area contributed by atoms with Crippen LogP contribution in [0.25, 0.3) is 10.9 Å². The summed E-state index contributed by atoms with van der Waals surface area (Å²) in [6, 6.07) is 12.9. The molecule has 0 aliphatic carbocycles. The molecule has 2 amide bonds. The SMILES string of the molecule is Cc1ccc(C(=O)N[C@@H](Cc2c[nH]c3ccccc23)C(=O)NC(C)C)cc1C. The number of fused-ring (bicyclic) bond motifs is 1. The van der Waals surface area contributed by atoms with Gasteiger partial charge in [0.25, 0.3) is 5.91 Å². The first kappa shape index (κ1) is 19.7. The van der Waals surface area contributed by atoms with E-state index >= 15 is 0 Å². The van der Waals surface area contributed by atoms with E-state index in [1.165, 1.54) is 0 Å². The number of aromatic amines is 1. The molecule has 5 heteroatoms. The molecule has 2 aromatic carbocycles. The number of para-hydroxylation sites is 1. The second kappa shape index (κ2) is 8.30. The molecule has 3 aromatic rings. The highest BCUT2D eigenvalue weighted by molar-refractivity contribution is 5.98. The van der Waals surface area contributed by atoms with Crippen LogP contribution in [0.15, 0.2) is 48.7 Å². The van der Waals surface area contributed by atoms with Crippen LogP contribution in [0.5, 0.6) is 0 Å². The van der Waals surface area contributed by atoms with Gasteiger partial charge in [-0.15, -0.1) is 0 Å². The third-order valence-corrected chi connectivity index (χ3v) is 4.92. The van der Waals surface area contributed by atoms with Crippen LogP contribution >= 0.6 is 0 Å². The number of carbonyl (C=O) groups excluding carboxylic acids is 2. The molecule has 5 nitrogen and oxygen atoms in total. The smallest absolute Gasteiger partial charge is 0.251 e. The van der Waals surface area contributed by atoms with E-state index in [1.54, 1.807) is 6.07 Å². The van der Waals surface area contributed by atoms with Gasteiger partial charge in [0, 0.05) is 35.1 Å². The van der Waals surface area contributed by atoms with Crippen LogP contribution in [-0.4, -0.2) is 28.9 Å². The van der Waals surface area contributed by atoms with Gasteiger partial charge in [0.2, 0.25) is 5.91 Å². The summed E-state index contributed by atoms with van der Waals surface area (Å²) >= 11 is 0. The average Bonchev–Trinajstić information content (AvgIpc) is 3.06. The zero-order chi connectivity index (χ0) is 20.3. The van der Waals surface area contributed by atoms with Gasteiger partial charge in [0.15, 0.2) is 0 Å². The number of hydrogen-bond donors (Lipinski definition) is 3. The summed E-state index contributed by atoms with van der Waals surface area (Å²) in [7, 11) is 0. The zero-order valence-electron chi connectivity index (χ0n) is 16.8. The van der Waals surface area contributed by atoms with E-state index in [0.717, 1.165) is 27.6 Å². The number of amides is 2. The number of hydrogen-bond acceptors (Lipinski definition) is 2. The normalized spacial score (nSPS) is 12.2. The first-order valence-electron chi connectivity index (χ1n) is 9.58. The maximum Gasteiger partial charge on any atom is 0.251 e. The van der Waals surface area contributed by atoms with Gasteiger partial charge in [-0.3, -0.25) is 9.59 Å². The molecule has 0 fully saturated rings. The van der Waals surface area contributed by atoms with Crippen LogP contribution in [0.1, 0.15) is 40.9 Å². The van der Waals surface area contributed by atoms with Crippen LogP contribution in [0.4, 0.5) is 0 Å². The molecule has 3 rings (SSSR count). The van der Waals surface area contributed by atoms with E-state index < -0.39 is 6.04 Å². The monoisotopic (exact) mass is 377 g/mol. The third-order valence-electron chi connectivity index (χ3n) is 4.92. The van der Waals surface area contributed by atoms with E-state index in [-0.39, 0.29) is 17.9 Å². The second-order valence-electron chi connectivity index (χ2n) is 7.55. The van der Waals surface area contributed by atoms with Crippen molar-refractivity contribution in [3.05, 3.63) is 70.9 Å². The predicted molar refractivity (Wildman–Crippen MR) is 112 cm³/mol. The molecule has 0 spiro atoms. The molecule has 0 bridgehead atoms. The van der Waals surface area contributed by atoms with Gasteiger partial charge >= 0.3 is 0 Å². The fraction of sp³-hybridized carbons (Fsp3) is 0.304. The summed E-state index contributed by atoms with van der Waals surface area (Å²) in [5, 5.41) is 6.90. The Kier molecular flexibility index (Phi) is 5.83. The first-order chi connectivity index (χ1) is 13.3. The molecular formula is C23H27N3O2. The minimum Gasteiger partial charge on any atom is -0.361 e. The molecule has 28 heavy (non-hydrogen) atoms. The van der Waals surface area contributed by atoms with Crippen molar-refractivity contribution in [2.24, 2.45) is 0 Å². The number of H-pyrrole nitrogens is 1. The number of nitrogens with one attached hydrogen (secondary N) is 3. The molecule has 0 radical (unpaired) electrons. The van der Waals surface area contributed by atoms with Gasteiger partial charge < -0.3 is 15.6 Å². The van der Waals surface area contributed by atoms with Crippen molar-refractivity contribution in [1.82, 2.24) is 15.6 Å². The summed E-state index contributed by atoms with van der Waals surface area (Å²) in [6.07, 6.45) is 2.32. The lowest BCUT2D eigenvalue weighted by atomic mass is 10.0. The van der Waals surface area contributed by atoms with Crippen molar-refractivity contribution in [3.63, 3.8) is 0 Å². The Balaban J connectivity index is 1.85. The van der Waals surface area contributed by atoms with Crippen molar-refractivity contribution in [2.45, 2.75) is 46.2 Å². The quantitative estimate of drug-likeness (QED) is 0.613. The molecule has 3 N–H and O–H groups in total. The van der Waals surface area contributed by atoms with Gasteiger partial charge in [-0.05, 0) is 62.6 Å². The zero-order valence-corrected chi connectivity index (χ0v) is 16.8. The molecule has 1 atom stereocenters. The van der Waals surface area contributed by atoms with Crippen molar-refractivity contribution in [2.75, 3.05) is 0 Å². The largest absolute Gasteiger partial charge is 0.361 e. The van der Waals surface area contributed by atoms with E-state index in [4.69, 9.17) is 0 Å². The van der Waals surface area contributed by atoms with E-state index in [1.807, 2.05) is 70.3 Å². The number of aryl methyl sites for hydroxylation is 2. The van der Waals surface area contributed by atoms with Crippen molar-refractivity contribution in [1.29, 1.82) is 0 Å². The molecule has 1 heterocycles. The topological polar surface area (TPSA) is 74.0 Å². The molecule has 0 saturated carbocycles. The van der Waals surface area contributed by atoms with Gasteiger partial charge in [-0.2, -0.15) is 0 Å². The maximum atomic E-state index is 12.8.